The average Bonchev–Trinajstić information content (AvgIpc) is 2.68. The van der Waals surface area contributed by atoms with Gasteiger partial charge in [-0.25, -0.2) is 8.42 Å². The minimum absolute atomic E-state index is 0.130. The maximum atomic E-state index is 13.2. The summed E-state index contributed by atoms with van der Waals surface area (Å²) in [5, 5.41) is 3.35. The van der Waals surface area contributed by atoms with Gasteiger partial charge in [0.15, 0.2) is 0 Å². The second kappa shape index (κ2) is 8.51. The molecule has 0 spiro atoms. The Bertz CT molecular complexity index is 978. The van der Waals surface area contributed by atoms with Gasteiger partial charge in [0.05, 0.1) is 13.0 Å². The SMILES string of the molecule is COc1ccc(C)cc1S(=O)(=O)N1CCC[C@@H](C(=O)Nc2cccc(Cl)c2)C1. The van der Waals surface area contributed by atoms with E-state index < -0.39 is 15.9 Å². The molecule has 1 fully saturated rings. The normalized spacial score (nSPS) is 17.9. The summed E-state index contributed by atoms with van der Waals surface area (Å²) in [6.45, 7) is 2.34. The number of piperidine rings is 1. The number of hydrogen-bond donors (Lipinski definition) is 1. The third kappa shape index (κ3) is 4.48. The van der Waals surface area contributed by atoms with Crippen LogP contribution in [0.25, 0.3) is 0 Å². The number of aryl methyl sites for hydroxylation is 1. The molecule has 0 unspecified atom stereocenters. The van der Waals surface area contributed by atoms with Crippen molar-refractivity contribution in [2.75, 3.05) is 25.5 Å². The van der Waals surface area contributed by atoms with Crippen LogP contribution in [-0.2, 0) is 14.8 Å². The number of amides is 1. The molecular formula is C20H23ClN2O4S. The number of carbonyl (C=O) groups is 1. The van der Waals surface area contributed by atoms with Crippen LogP contribution in [0.2, 0.25) is 5.02 Å². The highest BCUT2D eigenvalue weighted by molar-refractivity contribution is 7.89. The molecule has 1 aliphatic rings. The van der Waals surface area contributed by atoms with Crippen molar-refractivity contribution in [2.24, 2.45) is 5.92 Å². The maximum absolute atomic E-state index is 13.2. The van der Waals surface area contributed by atoms with Gasteiger partial charge in [-0.1, -0.05) is 23.7 Å². The molecule has 0 aliphatic carbocycles. The summed E-state index contributed by atoms with van der Waals surface area (Å²) in [5.74, 6) is -0.340. The van der Waals surface area contributed by atoms with E-state index in [-0.39, 0.29) is 17.3 Å². The Balaban J connectivity index is 1.79. The number of ether oxygens (including phenoxy) is 1. The third-order valence-electron chi connectivity index (χ3n) is 4.78. The van der Waals surface area contributed by atoms with Gasteiger partial charge >= 0.3 is 0 Å². The molecule has 3 rings (SSSR count). The molecule has 0 radical (unpaired) electrons. The first kappa shape index (κ1) is 20.6. The van der Waals surface area contributed by atoms with Gasteiger partial charge in [-0.05, 0) is 55.7 Å². The van der Waals surface area contributed by atoms with E-state index in [1.54, 1.807) is 42.5 Å². The molecule has 0 saturated carbocycles. The van der Waals surface area contributed by atoms with E-state index >= 15 is 0 Å². The second-order valence-corrected chi connectivity index (χ2v) is 9.20. The van der Waals surface area contributed by atoms with E-state index in [1.807, 2.05) is 6.92 Å². The average molecular weight is 423 g/mol. The summed E-state index contributed by atoms with van der Waals surface area (Å²) in [6.07, 6.45) is 1.24. The standard InChI is InChI=1S/C20H23ClN2O4S/c1-14-8-9-18(27-2)19(11-14)28(25,26)23-10-4-5-15(13-23)20(24)22-17-7-3-6-16(21)12-17/h3,6-9,11-12,15H,4-5,10,13H2,1-2H3,(H,22,24)/t15-/m1/s1. The fourth-order valence-electron chi connectivity index (χ4n) is 3.31. The minimum atomic E-state index is -3.77. The first-order chi connectivity index (χ1) is 13.3. The molecule has 6 nitrogen and oxygen atoms in total. The van der Waals surface area contributed by atoms with Crippen molar-refractivity contribution >= 4 is 33.2 Å². The van der Waals surface area contributed by atoms with Gasteiger partial charge in [-0.2, -0.15) is 4.31 Å². The number of nitrogens with zero attached hydrogens (tertiary/aromatic N) is 1. The highest BCUT2D eigenvalue weighted by Gasteiger charge is 2.35. The molecule has 1 saturated heterocycles. The molecule has 1 amide bonds. The molecule has 0 aromatic heterocycles. The molecule has 1 aliphatic heterocycles. The molecule has 0 bridgehead atoms. The Morgan fingerprint density at radius 2 is 2.04 bits per heavy atom. The van der Waals surface area contributed by atoms with Gasteiger partial charge in [0, 0.05) is 23.8 Å². The van der Waals surface area contributed by atoms with E-state index in [9.17, 15) is 13.2 Å². The van der Waals surface area contributed by atoms with E-state index in [0.717, 1.165) is 5.56 Å². The largest absolute Gasteiger partial charge is 0.495 e. The molecule has 1 N–H and O–H groups in total. The van der Waals surface area contributed by atoms with Crippen molar-refractivity contribution in [1.82, 2.24) is 4.31 Å². The van der Waals surface area contributed by atoms with Crippen molar-refractivity contribution in [3.8, 4) is 5.75 Å². The number of anilines is 1. The summed E-state index contributed by atoms with van der Waals surface area (Å²) >= 11 is 5.96. The third-order valence-corrected chi connectivity index (χ3v) is 6.91. The van der Waals surface area contributed by atoms with Crippen LogP contribution in [0, 0.1) is 12.8 Å². The van der Waals surface area contributed by atoms with Crippen LogP contribution in [0.4, 0.5) is 5.69 Å². The first-order valence-corrected chi connectivity index (χ1v) is 10.8. The Labute approximate surface area is 170 Å². The van der Waals surface area contributed by atoms with Gasteiger partial charge in [0.25, 0.3) is 0 Å². The quantitative estimate of drug-likeness (QED) is 0.797. The van der Waals surface area contributed by atoms with Crippen molar-refractivity contribution < 1.29 is 17.9 Å². The molecule has 2 aromatic rings. The smallest absolute Gasteiger partial charge is 0.246 e. The number of nitrogens with one attached hydrogen (secondary N) is 1. The molecule has 8 heteroatoms. The van der Waals surface area contributed by atoms with Gasteiger partial charge in [0.1, 0.15) is 10.6 Å². The Morgan fingerprint density at radius 1 is 1.25 bits per heavy atom. The number of methoxy groups -OCH3 is 1. The van der Waals surface area contributed by atoms with Crippen LogP contribution in [0.5, 0.6) is 5.75 Å². The van der Waals surface area contributed by atoms with Crippen LogP contribution in [-0.4, -0.2) is 38.8 Å². The Hall–Kier alpha value is -2.09. The predicted molar refractivity (Wildman–Crippen MR) is 109 cm³/mol. The second-order valence-electron chi connectivity index (χ2n) is 6.86. The minimum Gasteiger partial charge on any atom is -0.495 e. The zero-order valence-corrected chi connectivity index (χ0v) is 17.4. The topological polar surface area (TPSA) is 75.7 Å². The molecule has 1 atom stereocenters. The number of rotatable bonds is 5. The number of sulfonamides is 1. The summed E-state index contributed by atoms with van der Waals surface area (Å²) in [6, 6.07) is 11.9. The van der Waals surface area contributed by atoms with Crippen LogP contribution in [0.1, 0.15) is 18.4 Å². The summed E-state index contributed by atoms with van der Waals surface area (Å²) in [5.41, 5.74) is 1.42. The number of halogens is 1. The van der Waals surface area contributed by atoms with Gasteiger partial charge in [-0.3, -0.25) is 4.79 Å². The number of carbonyl (C=O) groups excluding carboxylic acids is 1. The molecular weight excluding hydrogens is 400 g/mol. The predicted octanol–water partition coefficient (Wildman–Crippen LogP) is 3.70. The molecule has 2 aromatic carbocycles. The van der Waals surface area contributed by atoms with Gasteiger partial charge < -0.3 is 10.1 Å². The number of benzene rings is 2. The lowest BCUT2D eigenvalue weighted by atomic mass is 9.99. The lowest BCUT2D eigenvalue weighted by Gasteiger charge is -2.31. The molecule has 28 heavy (non-hydrogen) atoms. The highest BCUT2D eigenvalue weighted by atomic mass is 35.5. The zero-order chi connectivity index (χ0) is 20.3. The Kier molecular flexibility index (Phi) is 6.27. The first-order valence-electron chi connectivity index (χ1n) is 9.02. The monoisotopic (exact) mass is 422 g/mol. The van der Waals surface area contributed by atoms with Crippen molar-refractivity contribution in [3.63, 3.8) is 0 Å². The fraction of sp³-hybridized carbons (Fsp3) is 0.350. The summed E-state index contributed by atoms with van der Waals surface area (Å²) in [4.78, 5) is 12.8. The van der Waals surface area contributed by atoms with E-state index in [2.05, 4.69) is 5.32 Å². The van der Waals surface area contributed by atoms with Crippen LogP contribution in [0.3, 0.4) is 0 Å². The summed E-state index contributed by atoms with van der Waals surface area (Å²) < 4.78 is 33.0. The summed E-state index contributed by atoms with van der Waals surface area (Å²) in [7, 11) is -2.32. The lowest BCUT2D eigenvalue weighted by molar-refractivity contribution is -0.120. The molecule has 1 heterocycles. The van der Waals surface area contributed by atoms with Crippen molar-refractivity contribution in [1.29, 1.82) is 0 Å². The lowest BCUT2D eigenvalue weighted by Crippen LogP contribution is -2.43. The van der Waals surface area contributed by atoms with Crippen LogP contribution >= 0.6 is 11.6 Å². The van der Waals surface area contributed by atoms with E-state index in [4.69, 9.17) is 16.3 Å². The fourth-order valence-corrected chi connectivity index (χ4v) is 5.26. The van der Waals surface area contributed by atoms with E-state index in [1.165, 1.54) is 11.4 Å². The Morgan fingerprint density at radius 3 is 2.75 bits per heavy atom. The van der Waals surface area contributed by atoms with Gasteiger partial charge in [-0.15, -0.1) is 0 Å². The van der Waals surface area contributed by atoms with E-state index in [0.29, 0.717) is 35.8 Å². The maximum Gasteiger partial charge on any atom is 0.246 e. The van der Waals surface area contributed by atoms with Crippen LogP contribution in [0.15, 0.2) is 47.4 Å². The molecule has 150 valence electrons. The zero-order valence-electron chi connectivity index (χ0n) is 15.8. The van der Waals surface area contributed by atoms with Crippen molar-refractivity contribution in [3.05, 3.63) is 53.1 Å². The highest BCUT2D eigenvalue weighted by Crippen LogP contribution is 2.31. The number of hydrogen-bond acceptors (Lipinski definition) is 4. The van der Waals surface area contributed by atoms with Crippen LogP contribution < -0.4 is 10.1 Å². The van der Waals surface area contributed by atoms with Crippen molar-refractivity contribution in [2.45, 2.75) is 24.7 Å². The van der Waals surface area contributed by atoms with Gasteiger partial charge in [0.2, 0.25) is 15.9 Å².